The first-order valence-corrected chi connectivity index (χ1v) is 11.6. The van der Waals surface area contributed by atoms with E-state index in [2.05, 4.69) is 121 Å². The zero-order chi connectivity index (χ0) is 19.3. The molecule has 1 aliphatic heterocycles. The van der Waals surface area contributed by atoms with Crippen LogP contribution < -0.4 is 0 Å². The third-order valence-corrected chi connectivity index (χ3v) is 9.85. The van der Waals surface area contributed by atoms with Crippen LogP contribution in [0.2, 0.25) is 0 Å². The van der Waals surface area contributed by atoms with Gasteiger partial charge in [-0.3, -0.25) is 0 Å². The molecule has 0 spiro atoms. The molecule has 0 aromatic heterocycles. The summed E-state index contributed by atoms with van der Waals surface area (Å²) in [6, 6.07) is 44.7. The molecule has 0 saturated carbocycles. The fraction of sp³-hybridized carbons (Fsp3) is 0. The number of fused-ring (bicyclic) bond motifs is 4. The monoisotopic (exact) mass is 388 g/mol. The lowest BCUT2D eigenvalue weighted by Crippen LogP contribution is -2.01. The molecule has 0 aliphatic carbocycles. The van der Waals surface area contributed by atoms with Gasteiger partial charge in [-0.2, -0.15) is 0 Å². The smallest absolute Gasteiger partial charge is 0.0108 e. The number of hydrogen-bond donors (Lipinski definition) is 0. The van der Waals surface area contributed by atoms with Gasteiger partial charge in [-0.25, -0.2) is 0 Å². The van der Waals surface area contributed by atoms with Crippen molar-refractivity contribution in [1.82, 2.24) is 0 Å². The van der Waals surface area contributed by atoms with E-state index in [0.29, 0.717) is 0 Å². The molecule has 0 unspecified atom stereocenters. The fourth-order valence-electron chi connectivity index (χ4n) is 4.65. The van der Waals surface area contributed by atoms with Crippen LogP contribution in [-0.4, -0.2) is 0 Å². The minimum atomic E-state index is -1.53. The number of benzene rings is 5. The molecule has 0 nitrogen and oxygen atoms in total. The molecule has 5 aromatic rings. The van der Waals surface area contributed by atoms with Crippen LogP contribution in [0.1, 0.15) is 0 Å². The van der Waals surface area contributed by atoms with Crippen molar-refractivity contribution in [2.24, 2.45) is 0 Å². The largest absolute Gasteiger partial charge is 0.132 e. The van der Waals surface area contributed by atoms with Crippen molar-refractivity contribution >= 4 is 20.8 Å². The van der Waals surface area contributed by atoms with Crippen molar-refractivity contribution in [3.63, 3.8) is 0 Å². The first-order chi connectivity index (χ1) is 14.4. The van der Waals surface area contributed by atoms with Crippen molar-refractivity contribution in [2.45, 2.75) is 19.6 Å². The Labute approximate surface area is 172 Å². The highest BCUT2D eigenvalue weighted by atomic mass is 32.3. The van der Waals surface area contributed by atoms with Gasteiger partial charge in [-0.15, -0.1) is 10.0 Å². The van der Waals surface area contributed by atoms with E-state index in [1.807, 2.05) is 0 Å². The molecule has 138 valence electrons. The molecule has 1 aliphatic rings. The van der Waals surface area contributed by atoms with Crippen LogP contribution in [0.5, 0.6) is 0 Å². The van der Waals surface area contributed by atoms with E-state index < -0.39 is 10.0 Å². The van der Waals surface area contributed by atoms with Gasteiger partial charge in [-0.05, 0) is 64.4 Å². The van der Waals surface area contributed by atoms with Gasteiger partial charge in [0, 0.05) is 19.6 Å². The fourth-order valence-corrected chi connectivity index (χ4v) is 8.90. The van der Waals surface area contributed by atoms with Crippen LogP contribution in [-0.2, 0) is 0 Å². The third-order valence-electron chi connectivity index (χ3n) is 5.88. The molecule has 6 rings (SSSR count). The lowest BCUT2D eigenvalue weighted by atomic mass is 10.0. The van der Waals surface area contributed by atoms with Crippen molar-refractivity contribution in [1.29, 1.82) is 0 Å². The summed E-state index contributed by atoms with van der Waals surface area (Å²) < 4.78 is 0. The van der Waals surface area contributed by atoms with E-state index in [9.17, 15) is 0 Å². The Bertz CT molecular complexity index is 1300. The van der Waals surface area contributed by atoms with E-state index >= 15 is 0 Å². The molecule has 0 atom stereocenters. The van der Waals surface area contributed by atoms with Crippen molar-refractivity contribution in [3.05, 3.63) is 121 Å². The van der Waals surface area contributed by atoms with Crippen LogP contribution in [0.25, 0.3) is 21.9 Å². The van der Waals surface area contributed by atoms with Gasteiger partial charge in [0.05, 0.1) is 0 Å². The zero-order valence-electron chi connectivity index (χ0n) is 16.0. The zero-order valence-corrected chi connectivity index (χ0v) is 16.8. The SMILES string of the molecule is c1ccc(S2(c3ccccc3)c3ccccc3-c3cc4ccccc4cc32)cc1. The summed E-state index contributed by atoms with van der Waals surface area (Å²) in [4.78, 5) is 5.69. The van der Waals surface area contributed by atoms with Crippen LogP contribution in [0, 0.1) is 0 Å². The second kappa shape index (κ2) is 6.37. The predicted molar refractivity (Wildman–Crippen MR) is 123 cm³/mol. The molecule has 29 heavy (non-hydrogen) atoms. The highest BCUT2D eigenvalue weighted by molar-refractivity contribution is 8.34. The molecule has 1 heterocycles. The van der Waals surface area contributed by atoms with E-state index in [-0.39, 0.29) is 0 Å². The van der Waals surface area contributed by atoms with E-state index in [4.69, 9.17) is 0 Å². The van der Waals surface area contributed by atoms with Gasteiger partial charge in [0.25, 0.3) is 0 Å². The summed E-state index contributed by atoms with van der Waals surface area (Å²) in [5, 5.41) is 2.61. The van der Waals surface area contributed by atoms with Crippen LogP contribution >= 0.6 is 10.0 Å². The van der Waals surface area contributed by atoms with Gasteiger partial charge in [-0.1, -0.05) is 78.9 Å². The quantitative estimate of drug-likeness (QED) is 0.281. The summed E-state index contributed by atoms with van der Waals surface area (Å²) in [6.45, 7) is 0. The second-order valence-corrected chi connectivity index (χ2v) is 10.5. The summed E-state index contributed by atoms with van der Waals surface area (Å²) in [7, 11) is -1.53. The minimum absolute atomic E-state index is 1.30. The maximum atomic E-state index is 2.44. The molecule has 1 heteroatoms. The van der Waals surface area contributed by atoms with E-state index in [1.54, 1.807) is 0 Å². The average Bonchev–Trinajstić information content (AvgIpc) is 3.09. The van der Waals surface area contributed by atoms with Crippen molar-refractivity contribution < 1.29 is 0 Å². The molecule has 5 aromatic carbocycles. The van der Waals surface area contributed by atoms with Gasteiger partial charge >= 0.3 is 0 Å². The van der Waals surface area contributed by atoms with Crippen LogP contribution in [0.4, 0.5) is 0 Å². The Balaban J connectivity index is 1.83. The van der Waals surface area contributed by atoms with Crippen LogP contribution in [0.15, 0.2) is 141 Å². The lowest BCUT2D eigenvalue weighted by molar-refractivity contribution is 1.29. The van der Waals surface area contributed by atoms with Gasteiger partial charge < -0.3 is 0 Å². The summed E-state index contributed by atoms with van der Waals surface area (Å²) >= 11 is 0. The second-order valence-electron chi connectivity index (χ2n) is 7.43. The van der Waals surface area contributed by atoms with Crippen molar-refractivity contribution in [2.75, 3.05) is 0 Å². The Morgan fingerprint density at radius 2 is 0.897 bits per heavy atom. The van der Waals surface area contributed by atoms with Crippen molar-refractivity contribution in [3.8, 4) is 11.1 Å². The Hall–Kier alpha value is -3.29. The topological polar surface area (TPSA) is 0 Å². The molecule has 0 fully saturated rings. The van der Waals surface area contributed by atoms with Gasteiger partial charge in [0.15, 0.2) is 0 Å². The van der Waals surface area contributed by atoms with Crippen LogP contribution in [0.3, 0.4) is 0 Å². The van der Waals surface area contributed by atoms with Gasteiger partial charge in [0.2, 0.25) is 0 Å². The maximum absolute atomic E-state index is 2.44. The molecular weight excluding hydrogens is 368 g/mol. The van der Waals surface area contributed by atoms with Gasteiger partial charge in [0.1, 0.15) is 0 Å². The first-order valence-electron chi connectivity index (χ1n) is 9.95. The highest BCUT2D eigenvalue weighted by Crippen LogP contribution is 2.80. The number of hydrogen-bond acceptors (Lipinski definition) is 0. The first kappa shape index (κ1) is 16.6. The summed E-state index contributed by atoms with van der Waals surface area (Å²) in [5.41, 5.74) is 2.75. The molecular formula is C28H20S. The average molecular weight is 389 g/mol. The molecule has 0 radical (unpaired) electrons. The minimum Gasteiger partial charge on any atom is -0.132 e. The standard InChI is InChI=1S/C28H20S/c1-3-13-23(14-4-1)29(24-15-5-2-6-16-24)27-18-10-9-17-25(27)26-19-21-11-7-8-12-22(21)20-28(26)29/h1-20H. The summed E-state index contributed by atoms with van der Waals surface area (Å²) in [5.74, 6) is 0. The predicted octanol–water partition coefficient (Wildman–Crippen LogP) is 8.16. The summed E-state index contributed by atoms with van der Waals surface area (Å²) in [6.07, 6.45) is 0. The Kier molecular flexibility index (Phi) is 3.65. The number of rotatable bonds is 2. The highest BCUT2D eigenvalue weighted by Gasteiger charge is 2.41. The Morgan fingerprint density at radius 1 is 0.379 bits per heavy atom. The normalized spacial score (nSPS) is 14.9. The third kappa shape index (κ3) is 2.28. The lowest BCUT2D eigenvalue weighted by Gasteiger charge is -2.39. The maximum Gasteiger partial charge on any atom is 0.0108 e. The van der Waals surface area contributed by atoms with E-state index in [1.165, 1.54) is 41.5 Å². The molecule has 0 N–H and O–H groups in total. The molecule has 0 bridgehead atoms. The van der Waals surface area contributed by atoms with E-state index in [0.717, 1.165) is 0 Å². The molecule has 0 amide bonds. The Morgan fingerprint density at radius 3 is 1.55 bits per heavy atom. The molecule has 0 saturated heterocycles.